The highest BCUT2D eigenvalue weighted by molar-refractivity contribution is 7.89. The van der Waals surface area contributed by atoms with Crippen molar-refractivity contribution in [2.75, 3.05) is 7.05 Å². The summed E-state index contributed by atoms with van der Waals surface area (Å²) in [6.07, 6.45) is 1.31. The van der Waals surface area contributed by atoms with Gasteiger partial charge in [-0.05, 0) is 31.5 Å². The molecule has 20 heavy (non-hydrogen) atoms. The highest BCUT2D eigenvalue weighted by Gasteiger charge is 2.28. The van der Waals surface area contributed by atoms with E-state index in [4.69, 9.17) is 0 Å². The minimum atomic E-state index is -3.61. The second kappa shape index (κ2) is 5.26. The second-order valence-electron chi connectivity index (χ2n) is 4.65. The number of hydrogen-bond donors (Lipinski definition) is 2. The van der Waals surface area contributed by atoms with Crippen LogP contribution >= 0.6 is 0 Å². The summed E-state index contributed by atoms with van der Waals surface area (Å²) in [5, 5.41) is 15.7. The number of rotatable bonds is 4. The number of nitrogens with zero attached hydrogens (tertiary/aromatic N) is 2. The minimum Gasteiger partial charge on any atom is -0.508 e. The van der Waals surface area contributed by atoms with Crippen molar-refractivity contribution in [2.45, 2.75) is 24.8 Å². The van der Waals surface area contributed by atoms with Gasteiger partial charge >= 0.3 is 0 Å². The first-order chi connectivity index (χ1) is 9.34. The molecule has 0 aliphatic heterocycles. The molecule has 0 saturated carbocycles. The van der Waals surface area contributed by atoms with Gasteiger partial charge in [0.15, 0.2) is 0 Å². The fraction of sp³-hybridized carbons (Fsp3) is 0.308. The van der Waals surface area contributed by atoms with E-state index in [1.807, 2.05) is 0 Å². The molecule has 108 valence electrons. The van der Waals surface area contributed by atoms with Gasteiger partial charge in [0.2, 0.25) is 10.0 Å². The Kier molecular flexibility index (Phi) is 3.82. The summed E-state index contributed by atoms with van der Waals surface area (Å²) in [6.45, 7) is 3.46. The van der Waals surface area contributed by atoms with Gasteiger partial charge in [-0.3, -0.25) is 5.10 Å². The first-order valence-electron chi connectivity index (χ1n) is 6.11. The fourth-order valence-electron chi connectivity index (χ4n) is 1.93. The van der Waals surface area contributed by atoms with E-state index in [2.05, 4.69) is 10.2 Å². The molecule has 1 aromatic carbocycles. The van der Waals surface area contributed by atoms with Gasteiger partial charge in [0, 0.05) is 13.1 Å². The van der Waals surface area contributed by atoms with Crippen molar-refractivity contribution in [2.24, 2.45) is 0 Å². The number of aromatic amines is 1. The normalized spacial score (nSPS) is 13.6. The van der Waals surface area contributed by atoms with Crippen LogP contribution in [-0.2, 0) is 10.0 Å². The monoisotopic (exact) mass is 295 g/mol. The first-order valence-corrected chi connectivity index (χ1v) is 7.55. The summed E-state index contributed by atoms with van der Waals surface area (Å²) < 4.78 is 26.3. The standard InChI is InChI=1S/C13H17N3O3S/c1-9-13(8-14-15-9)20(18,19)16(3)10(2)11-4-6-12(17)7-5-11/h4-8,10,17H,1-3H3,(H,14,15). The quantitative estimate of drug-likeness (QED) is 0.900. The van der Waals surface area contributed by atoms with E-state index < -0.39 is 10.0 Å². The van der Waals surface area contributed by atoms with Crippen LogP contribution in [0.1, 0.15) is 24.2 Å². The van der Waals surface area contributed by atoms with Gasteiger partial charge in [0.25, 0.3) is 0 Å². The number of hydrogen-bond acceptors (Lipinski definition) is 4. The third-order valence-electron chi connectivity index (χ3n) is 3.36. The predicted molar refractivity (Wildman–Crippen MR) is 74.8 cm³/mol. The molecule has 0 aliphatic carbocycles. The molecule has 1 aromatic heterocycles. The Morgan fingerprint density at radius 3 is 2.40 bits per heavy atom. The van der Waals surface area contributed by atoms with Crippen molar-refractivity contribution in [1.29, 1.82) is 0 Å². The summed E-state index contributed by atoms with van der Waals surface area (Å²) in [4.78, 5) is 0.172. The zero-order valence-corrected chi connectivity index (χ0v) is 12.3. The second-order valence-corrected chi connectivity index (χ2v) is 6.61. The number of sulfonamides is 1. The van der Waals surface area contributed by atoms with Gasteiger partial charge in [0.05, 0.1) is 11.9 Å². The molecule has 6 nitrogen and oxygen atoms in total. The molecule has 0 aliphatic rings. The van der Waals surface area contributed by atoms with Crippen LogP contribution in [0.3, 0.4) is 0 Å². The van der Waals surface area contributed by atoms with Gasteiger partial charge in [-0.25, -0.2) is 8.42 Å². The zero-order valence-electron chi connectivity index (χ0n) is 11.5. The maximum Gasteiger partial charge on any atom is 0.246 e. The van der Waals surface area contributed by atoms with Crippen LogP contribution in [0, 0.1) is 6.92 Å². The molecule has 2 rings (SSSR count). The van der Waals surface area contributed by atoms with Crippen LogP contribution in [0.4, 0.5) is 0 Å². The van der Waals surface area contributed by atoms with Crippen molar-refractivity contribution >= 4 is 10.0 Å². The number of nitrogens with one attached hydrogen (secondary N) is 1. The number of aryl methyl sites for hydroxylation is 1. The number of aromatic nitrogens is 2. The lowest BCUT2D eigenvalue weighted by Crippen LogP contribution is -2.30. The highest BCUT2D eigenvalue weighted by atomic mass is 32.2. The van der Waals surface area contributed by atoms with Crippen LogP contribution in [0.15, 0.2) is 35.4 Å². The molecule has 0 bridgehead atoms. The summed E-state index contributed by atoms with van der Waals surface area (Å²) in [7, 11) is -2.08. The Morgan fingerprint density at radius 2 is 1.90 bits per heavy atom. The fourth-order valence-corrected chi connectivity index (χ4v) is 3.39. The highest BCUT2D eigenvalue weighted by Crippen LogP contribution is 2.27. The minimum absolute atomic E-state index is 0.150. The molecule has 1 unspecified atom stereocenters. The van der Waals surface area contributed by atoms with Crippen molar-refractivity contribution in [3.63, 3.8) is 0 Å². The Balaban J connectivity index is 2.33. The topological polar surface area (TPSA) is 86.3 Å². The van der Waals surface area contributed by atoms with Crippen LogP contribution in [0.25, 0.3) is 0 Å². The molecule has 2 aromatic rings. The van der Waals surface area contributed by atoms with E-state index in [1.165, 1.54) is 29.7 Å². The molecule has 7 heteroatoms. The lowest BCUT2D eigenvalue weighted by molar-refractivity contribution is 0.397. The van der Waals surface area contributed by atoms with Crippen LogP contribution in [-0.4, -0.2) is 35.1 Å². The summed E-state index contributed by atoms with van der Waals surface area (Å²) in [5.41, 5.74) is 1.31. The Morgan fingerprint density at radius 1 is 1.30 bits per heavy atom. The summed E-state index contributed by atoms with van der Waals surface area (Å²) >= 11 is 0. The van der Waals surface area contributed by atoms with E-state index in [-0.39, 0.29) is 16.7 Å². The maximum atomic E-state index is 12.5. The average molecular weight is 295 g/mol. The SMILES string of the molecule is Cc1[nH]ncc1S(=O)(=O)N(C)C(C)c1ccc(O)cc1. The largest absolute Gasteiger partial charge is 0.508 e. The molecule has 1 atom stereocenters. The smallest absolute Gasteiger partial charge is 0.246 e. The first kappa shape index (κ1) is 14.5. The number of phenolic OH excluding ortho intramolecular Hbond substituents is 1. The third-order valence-corrected chi connectivity index (χ3v) is 5.40. The number of aromatic hydroxyl groups is 1. The third kappa shape index (κ3) is 2.54. The summed E-state index contributed by atoms with van der Waals surface area (Å²) in [6, 6.07) is 6.13. The maximum absolute atomic E-state index is 12.5. The van der Waals surface area contributed by atoms with Crippen molar-refractivity contribution in [3.05, 3.63) is 41.7 Å². The van der Waals surface area contributed by atoms with E-state index in [0.717, 1.165) is 5.56 Å². The predicted octanol–water partition coefficient (Wildman–Crippen LogP) is 1.81. The van der Waals surface area contributed by atoms with Gasteiger partial charge in [-0.1, -0.05) is 12.1 Å². The Labute approximate surface area is 118 Å². The van der Waals surface area contributed by atoms with Crippen molar-refractivity contribution in [1.82, 2.24) is 14.5 Å². The number of benzene rings is 1. The number of H-pyrrole nitrogens is 1. The van der Waals surface area contributed by atoms with Crippen LogP contribution in [0.5, 0.6) is 5.75 Å². The molecule has 0 saturated heterocycles. The Hall–Kier alpha value is -1.86. The van der Waals surface area contributed by atoms with Gasteiger partial charge < -0.3 is 5.11 Å². The molecule has 0 fully saturated rings. The average Bonchev–Trinajstić information content (AvgIpc) is 2.85. The molecule has 2 N–H and O–H groups in total. The van der Waals surface area contributed by atoms with Crippen molar-refractivity contribution in [3.8, 4) is 5.75 Å². The van der Waals surface area contributed by atoms with Crippen LogP contribution < -0.4 is 0 Å². The number of phenols is 1. The van der Waals surface area contributed by atoms with Crippen molar-refractivity contribution < 1.29 is 13.5 Å². The Bertz CT molecular complexity index is 692. The lowest BCUT2D eigenvalue weighted by Gasteiger charge is -2.24. The van der Waals surface area contributed by atoms with Gasteiger partial charge in [-0.15, -0.1) is 0 Å². The molecular formula is C13H17N3O3S. The summed E-state index contributed by atoms with van der Waals surface area (Å²) in [5.74, 6) is 0.150. The molecular weight excluding hydrogens is 278 g/mol. The lowest BCUT2D eigenvalue weighted by atomic mass is 10.1. The van der Waals surface area contributed by atoms with Gasteiger partial charge in [0.1, 0.15) is 10.6 Å². The zero-order chi connectivity index (χ0) is 14.9. The van der Waals surface area contributed by atoms with Gasteiger partial charge in [-0.2, -0.15) is 9.40 Å². The van der Waals surface area contributed by atoms with E-state index >= 15 is 0 Å². The molecule has 0 amide bonds. The van der Waals surface area contributed by atoms with E-state index in [1.54, 1.807) is 26.0 Å². The molecule has 1 heterocycles. The molecule has 0 radical (unpaired) electrons. The van der Waals surface area contributed by atoms with E-state index in [9.17, 15) is 13.5 Å². The van der Waals surface area contributed by atoms with E-state index in [0.29, 0.717) is 5.69 Å². The molecule has 0 spiro atoms. The van der Waals surface area contributed by atoms with Crippen LogP contribution in [0.2, 0.25) is 0 Å².